The van der Waals surface area contributed by atoms with Crippen molar-refractivity contribution in [3.63, 3.8) is 0 Å². The van der Waals surface area contributed by atoms with Gasteiger partial charge in [-0.2, -0.15) is 0 Å². The van der Waals surface area contributed by atoms with Crippen LogP contribution in [0.15, 0.2) is 18.2 Å². The maximum atomic E-state index is 6.25. The Bertz CT molecular complexity index is 484. The van der Waals surface area contributed by atoms with Crippen molar-refractivity contribution in [1.29, 1.82) is 0 Å². The van der Waals surface area contributed by atoms with Gasteiger partial charge in [0.05, 0.1) is 10.6 Å². The van der Waals surface area contributed by atoms with Crippen LogP contribution >= 0.6 is 23.8 Å². The molecule has 2 N–H and O–H groups in total. The molecule has 20 heavy (non-hydrogen) atoms. The first kappa shape index (κ1) is 15.5. The van der Waals surface area contributed by atoms with Gasteiger partial charge in [-0.05, 0) is 31.5 Å². The molecule has 0 spiro atoms. The molecule has 1 aliphatic heterocycles. The van der Waals surface area contributed by atoms with E-state index >= 15 is 0 Å². The molecule has 1 heterocycles. The third-order valence-corrected chi connectivity index (χ3v) is 4.69. The molecule has 110 valence electrons. The summed E-state index contributed by atoms with van der Waals surface area (Å²) in [6.07, 6.45) is 2.32. The monoisotopic (exact) mass is 311 g/mol. The highest BCUT2D eigenvalue weighted by molar-refractivity contribution is 7.80. The van der Waals surface area contributed by atoms with Crippen LogP contribution in [0.3, 0.4) is 0 Å². The molecule has 1 aliphatic rings. The Morgan fingerprint density at radius 2 is 2.10 bits per heavy atom. The second kappa shape index (κ2) is 6.74. The maximum absolute atomic E-state index is 6.25. The van der Waals surface area contributed by atoms with Crippen LogP contribution < -0.4 is 10.6 Å². The lowest BCUT2D eigenvalue weighted by Crippen LogP contribution is -2.43. The van der Waals surface area contributed by atoms with E-state index in [2.05, 4.69) is 23.8 Å². The summed E-state index contributed by atoms with van der Waals surface area (Å²) in [5.41, 5.74) is 7.68. The lowest BCUT2D eigenvalue weighted by Gasteiger charge is -2.38. The Hall–Kier alpha value is -0.840. The molecule has 0 atom stereocenters. The first-order chi connectivity index (χ1) is 9.54. The zero-order valence-electron chi connectivity index (χ0n) is 12.1. The van der Waals surface area contributed by atoms with Crippen LogP contribution in [0.5, 0.6) is 0 Å². The van der Waals surface area contributed by atoms with Crippen molar-refractivity contribution in [1.82, 2.24) is 4.90 Å². The Morgan fingerprint density at radius 1 is 1.45 bits per heavy atom. The molecule has 0 amide bonds. The maximum Gasteiger partial charge on any atom is 0.107 e. The number of rotatable bonds is 4. The average Bonchev–Trinajstić information content (AvgIpc) is 2.46. The summed E-state index contributed by atoms with van der Waals surface area (Å²) in [7, 11) is 2.11. The molecular weight excluding hydrogens is 290 g/mol. The van der Waals surface area contributed by atoms with Gasteiger partial charge in [0.25, 0.3) is 0 Å². The fourth-order valence-electron chi connectivity index (χ4n) is 2.87. The lowest BCUT2D eigenvalue weighted by molar-refractivity contribution is 0.221. The summed E-state index contributed by atoms with van der Waals surface area (Å²) in [6, 6.07) is 6.36. The first-order valence-corrected chi connectivity index (χ1v) is 7.86. The van der Waals surface area contributed by atoms with Crippen molar-refractivity contribution < 1.29 is 0 Å². The summed E-state index contributed by atoms with van der Waals surface area (Å²) in [5, 5.41) is 0.632. The number of halogens is 1. The van der Waals surface area contributed by atoms with E-state index in [0.717, 1.165) is 43.7 Å². The van der Waals surface area contributed by atoms with Gasteiger partial charge in [0.15, 0.2) is 0 Å². The highest BCUT2D eigenvalue weighted by atomic mass is 35.5. The zero-order valence-corrected chi connectivity index (χ0v) is 13.7. The highest BCUT2D eigenvalue weighted by Gasteiger charge is 2.24. The number of thiocarbonyl (C=S) groups is 1. The van der Waals surface area contributed by atoms with E-state index in [1.54, 1.807) is 0 Å². The number of nitrogens with zero attached hydrogens (tertiary/aromatic N) is 2. The van der Waals surface area contributed by atoms with Crippen LogP contribution in [-0.4, -0.2) is 42.6 Å². The molecule has 2 rings (SSSR count). The predicted molar refractivity (Wildman–Crippen MR) is 90.9 cm³/mol. The quantitative estimate of drug-likeness (QED) is 0.867. The van der Waals surface area contributed by atoms with Crippen LogP contribution in [0.25, 0.3) is 0 Å². The van der Waals surface area contributed by atoms with Crippen LogP contribution in [0, 0.1) is 0 Å². The summed E-state index contributed by atoms with van der Waals surface area (Å²) >= 11 is 11.4. The van der Waals surface area contributed by atoms with Gasteiger partial charge in [0.1, 0.15) is 4.99 Å². The molecule has 1 fully saturated rings. The summed E-state index contributed by atoms with van der Waals surface area (Å²) in [6.45, 7) is 5.64. The van der Waals surface area contributed by atoms with Gasteiger partial charge in [-0.1, -0.05) is 36.8 Å². The Morgan fingerprint density at radius 3 is 2.65 bits per heavy atom. The molecule has 0 bridgehead atoms. The number of nitrogens with two attached hydrogens (primary N) is 1. The number of likely N-dealkylation sites (tertiary alicyclic amines) is 1. The largest absolute Gasteiger partial charge is 0.389 e. The fourth-order valence-corrected chi connectivity index (χ4v) is 3.41. The van der Waals surface area contributed by atoms with Gasteiger partial charge in [0.2, 0.25) is 0 Å². The molecule has 0 aromatic heterocycles. The van der Waals surface area contributed by atoms with Gasteiger partial charge in [-0.3, -0.25) is 0 Å². The van der Waals surface area contributed by atoms with E-state index in [0.29, 0.717) is 16.1 Å². The fraction of sp³-hybridized carbons (Fsp3) is 0.533. The molecule has 5 heteroatoms. The minimum absolute atomic E-state index is 0.364. The van der Waals surface area contributed by atoms with Crippen LogP contribution in [0.2, 0.25) is 5.02 Å². The summed E-state index contributed by atoms with van der Waals surface area (Å²) < 4.78 is 0. The van der Waals surface area contributed by atoms with Gasteiger partial charge in [0, 0.05) is 31.9 Å². The van der Waals surface area contributed by atoms with E-state index in [-0.39, 0.29) is 0 Å². The van der Waals surface area contributed by atoms with Crippen molar-refractivity contribution in [2.45, 2.75) is 25.8 Å². The average molecular weight is 312 g/mol. The third-order valence-electron chi connectivity index (χ3n) is 4.17. The second-order valence-corrected chi connectivity index (χ2v) is 6.12. The molecule has 1 aromatic carbocycles. The van der Waals surface area contributed by atoms with Crippen LogP contribution in [-0.2, 0) is 0 Å². The topological polar surface area (TPSA) is 32.5 Å². The SMILES string of the molecule is CCN1CCC(N(C)c2cccc(Cl)c2C(N)=S)CC1. The predicted octanol–water partition coefficient (Wildman–Crippen LogP) is 2.89. The summed E-state index contributed by atoms with van der Waals surface area (Å²) in [4.78, 5) is 5.13. The number of benzene rings is 1. The minimum Gasteiger partial charge on any atom is -0.389 e. The normalized spacial score (nSPS) is 17.1. The van der Waals surface area contributed by atoms with E-state index < -0.39 is 0 Å². The molecule has 0 aliphatic carbocycles. The van der Waals surface area contributed by atoms with E-state index in [1.807, 2.05) is 18.2 Å². The molecule has 1 aromatic rings. The van der Waals surface area contributed by atoms with Crippen molar-refractivity contribution in [3.8, 4) is 0 Å². The molecule has 1 saturated heterocycles. The Kier molecular flexibility index (Phi) is 5.24. The Labute approximate surface area is 131 Å². The molecule has 0 saturated carbocycles. The van der Waals surface area contributed by atoms with Crippen molar-refractivity contribution in [2.24, 2.45) is 5.73 Å². The smallest absolute Gasteiger partial charge is 0.107 e. The van der Waals surface area contributed by atoms with Crippen molar-refractivity contribution in [3.05, 3.63) is 28.8 Å². The van der Waals surface area contributed by atoms with E-state index in [9.17, 15) is 0 Å². The summed E-state index contributed by atoms with van der Waals surface area (Å²) in [5.74, 6) is 0. The van der Waals surface area contributed by atoms with Crippen LogP contribution in [0.4, 0.5) is 5.69 Å². The minimum atomic E-state index is 0.364. The first-order valence-electron chi connectivity index (χ1n) is 7.08. The standard InChI is InChI=1S/C15H22ClN3S/c1-3-19-9-7-11(8-10-19)18(2)13-6-4-5-12(16)14(13)15(17)20/h4-6,11H,3,7-10H2,1-2H3,(H2,17,20). The highest BCUT2D eigenvalue weighted by Crippen LogP contribution is 2.30. The zero-order chi connectivity index (χ0) is 14.7. The van der Waals surface area contributed by atoms with Crippen molar-refractivity contribution >= 4 is 34.5 Å². The molecule has 0 unspecified atom stereocenters. The molecule has 0 radical (unpaired) electrons. The second-order valence-electron chi connectivity index (χ2n) is 5.27. The molecular formula is C15H22ClN3S. The number of hydrogen-bond donors (Lipinski definition) is 1. The van der Waals surface area contributed by atoms with Crippen LogP contribution in [0.1, 0.15) is 25.3 Å². The van der Waals surface area contributed by atoms with Gasteiger partial charge >= 0.3 is 0 Å². The lowest BCUT2D eigenvalue weighted by atomic mass is 10.0. The van der Waals surface area contributed by atoms with Gasteiger partial charge < -0.3 is 15.5 Å². The Balaban J connectivity index is 2.20. The number of piperidine rings is 1. The van der Waals surface area contributed by atoms with Crippen molar-refractivity contribution in [2.75, 3.05) is 31.6 Å². The number of hydrogen-bond acceptors (Lipinski definition) is 3. The van der Waals surface area contributed by atoms with E-state index in [4.69, 9.17) is 29.6 Å². The van der Waals surface area contributed by atoms with Gasteiger partial charge in [-0.25, -0.2) is 0 Å². The molecule has 3 nitrogen and oxygen atoms in total. The third kappa shape index (κ3) is 3.25. The number of anilines is 1. The van der Waals surface area contributed by atoms with E-state index in [1.165, 1.54) is 0 Å². The van der Waals surface area contributed by atoms with Gasteiger partial charge in [-0.15, -0.1) is 0 Å².